The van der Waals surface area contributed by atoms with Crippen molar-refractivity contribution < 1.29 is 45.3 Å². The first-order valence-electron chi connectivity index (χ1n) is 17.9. The molecule has 1 aliphatic carbocycles. The Balaban J connectivity index is 0.000000478. The average Bonchev–Trinajstić information content (AvgIpc) is 3.69. The molecule has 1 fully saturated rings. The number of hydrogen-bond donors (Lipinski definition) is 8. The van der Waals surface area contributed by atoms with Crippen LogP contribution in [0, 0.1) is 17.8 Å². The van der Waals surface area contributed by atoms with Crippen LogP contribution in [0.3, 0.4) is 0 Å². The summed E-state index contributed by atoms with van der Waals surface area (Å²) >= 11 is 0. The van der Waals surface area contributed by atoms with Crippen molar-refractivity contribution in [2.24, 2.45) is 5.92 Å². The van der Waals surface area contributed by atoms with E-state index in [1.807, 2.05) is 24.3 Å². The van der Waals surface area contributed by atoms with Crippen molar-refractivity contribution >= 4 is 17.6 Å². The summed E-state index contributed by atoms with van der Waals surface area (Å²) in [5, 5.41) is 66.9. The molecule has 1 saturated carbocycles. The van der Waals surface area contributed by atoms with Gasteiger partial charge in [0.1, 0.15) is 35.3 Å². The second-order valence-electron chi connectivity index (χ2n) is 13.1. The summed E-state index contributed by atoms with van der Waals surface area (Å²) in [5.74, 6) is 5.18. The van der Waals surface area contributed by atoms with Gasteiger partial charge in [-0.05, 0) is 85.7 Å². The Morgan fingerprint density at radius 3 is 2.21 bits per heavy atom. The minimum absolute atomic E-state index is 0.0739. The molecule has 0 unspecified atom stereocenters. The van der Waals surface area contributed by atoms with E-state index in [1.165, 1.54) is 43.4 Å². The van der Waals surface area contributed by atoms with E-state index in [0.29, 0.717) is 23.7 Å². The number of aromatic carboxylic acids is 1. The number of likely N-dealkylation sites (N-methyl/N-ethyl adjacent to an activating group) is 1. The number of aromatic hydroxyl groups is 1. The molecule has 2 aromatic carbocycles. The number of benzene rings is 2. The minimum atomic E-state index is -1.55. The molecule has 1 amide bonds. The third-order valence-corrected chi connectivity index (χ3v) is 9.08. The van der Waals surface area contributed by atoms with Crippen molar-refractivity contribution in [1.82, 2.24) is 10.3 Å². The molecule has 52 heavy (non-hydrogen) atoms. The number of carbonyl (C=O) groups is 2. The smallest absolute Gasteiger partial charge is 0.339 e. The van der Waals surface area contributed by atoms with E-state index >= 15 is 0 Å². The van der Waals surface area contributed by atoms with Gasteiger partial charge in [-0.25, -0.2) is 9.78 Å². The summed E-state index contributed by atoms with van der Waals surface area (Å²) in [6.07, 6.45) is 5.45. The molecule has 282 valence electrons. The molecule has 1 aliphatic rings. The molecule has 0 radical (unpaired) electrons. The van der Waals surface area contributed by atoms with Crippen molar-refractivity contribution in [3.63, 3.8) is 0 Å². The number of anilines is 1. The summed E-state index contributed by atoms with van der Waals surface area (Å²) in [7, 11) is 1.57. The normalized spacial score (nSPS) is 15.0. The van der Waals surface area contributed by atoms with Crippen LogP contribution in [0.4, 0.5) is 5.69 Å². The third kappa shape index (κ3) is 13.3. The van der Waals surface area contributed by atoms with E-state index < -0.39 is 37.0 Å². The number of pyridine rings is 1. The maximum absolute atomic E-state index is 13.4. The highest BCUT2D eigenvalue weighted by Crippen LogP contribution is 2.30. The Hall–Kier alpha value is -4.35. The van der Waals surface area contributed by atoms with Crippen LogP contribution in [-0.4, -0.2) is 97.2 Å². The summed E-state index contributed by atoms with van der Waals surface area (Å²) < 4.78 is 0. The molecule has 0 bridgehead atoms. The standard InChI is InChI=1S/C33H36N2O4.C7H17NO5/c1-2-3-6-25-9-11-26(12-10-25)13-16-28-17-14-27(22-34-28)23-35(32(37)20-15-24-7-4-5-8-24)29-18-19-31(36)30(21-29)33(38)39;1-8-2-4(10)6(12)7(13)5(11)3-9/h9-12,14,17-19,21-22,24,36H,2-8,15,20,23H2,1H3,(H,38,39);4-13H,2-3H2,1H3/t;4-,5+,6+,7+/m.0/s1. The average molecular weight is 720 g/mol. The van der Waals surface area contributed by atoms with E-state index in [0.717, 1.165) is 36.8 Å². The maximum Gasteiger partial charge on any atom is 0.339 e. The van der Waals surface area contributed by atoms with Crippen LogP contribution in [0.5, 0.6) is 5.75 Å². The van der Waals surface area contributed by atoms with Gasteiger partial charge < -0.3 is 46.0 Å². The second kappa shape index (κ2) is 21.9. The fourth-order valence-corrected chi connectivity index (χ4v) is 5.89. The lowest BCUT2D eigenvalue weighted by Gasteiger charge is -2.25. The lowest BCUT2D eigenvalue weighted by atomic mass is 10.0. The Kier molecular flexibility index (Phi) is 17.7. The number of hydrogen-bond acceptors (Lipinski definition) is 10. The Bertz CT molecular complexity index is 1600. The zero-order chi connectivity index (χ0) is 38.0. The topological polar surface area (TPSA) is 204 Å². The molecule has 12 heteroatoms. The predicted molar refractivity (Wildman–Crippen MR) is 198 cm³/mol. The number of rotatable bonds is 16. The summed E-state index contributed by atoms with van der Waals surface area (Å²) in [5.41, 5.74) is 3.89. The quantitative estimate of drug-likeness (QED) is 0.101. The number of amides is 1. The highest BCUT2D eigenvalue weighted by molar-refractivity contribution is 5.97. The van der Waals surface area contributed by atoms with Crippen LogP contribution in [-0.2, 0) is 17.8 Å². The molecule has 1 aromatic heterocycles. The summed E-state index contributed by atoms with van der Waals surface area (Å²) in [6, 6.07) is 16.3. The zero-order valence-corrected chi connectivity index (χ0v) is 30.0. The summed E-state index contributed by atoms with van der Waals surface area (Å²) in [6.45, 7) is 1.86. The molecular formula is C40H53N3O9. The lowest BCUT2D eigenvalue weighted by Crippen LogP contribution is -2.48. The minimum Gasteiger partial charge on any atom is -0.507 e. The van der Waals surface area contributed by atoms with Gasteiger partial charge in [0.2, 0.25) is 5.91 Å². The van der Waals surface area contributed by atoms with Crippen LogP contribution in [0.15, 0.2) is 60.8 Å². The van der Waals surface area contributed by atoms with Gasteiger partial charge in [-0.15, -0.1) is 0 Å². The number of phenols is 1. The van der Waals surface area contributed by atoms with Crippen LogP contribution in [0.1, 0.15) is 91.0 Å². The van der Waals surface area contributed by atoms with Crippen LogP contribution >= 0.6 is 0 Å². The van der Waals surface area contributed by atoms with Crippen molar-refractivity contribution in [2.75, 3.05) is 25.1 Å². The number of aryl methyl sites for hydroxylation is 1. The Labute approximate surface area is 305 Å². The van der Waals surface area contributed by atoms with Crippen molar-refractivity contribution in [1.29, 1.82) is 0 Å². The maximum atomic E-state index is 13.4. The third-order valence-electron chi connectivity index (χ3n) is 9.08. The molecule has 4 rings (SSSR count). The number of nitrogens with one attached hydrogen (secondary N) is 1. The van der Waals surface area contributed by atoms with Crippen LogP contribution in [0.2, 0.25) is 0 Å². The Morgan fingerprint density at radius 1 is 0.942 bits per heavy atom. The van der Waals surface area contributed by atoms with Gasteiger partial charge in [0, 0.05) is 30.4 Å². The van der Waals surface area contributed by atoms with Gasteiger partial charge in [-0.2, -0.15) is 0 Å². The van der Waals surface area contributed by atoms with Gasteiger partial charge >= 0.3 is 5.97 Å². The molecule has 1 heterocycles. The molecule has 0 saturated heterocycles. The molecular weight excluding hydrogens is 666 g/mol. The highest BCUT2D eigenvalue weighted by atomic mass is 16.4. The SMILES string of the molecule is CCCCc1ccc(C#Cc2ccc(CN(C(=O)CCC3CCCC3)c3ccc(O)c(C(=O)O)c3)cn2)cc1.CNC[C@H](O)[C@@H](O)[C@H](O)[C@H](O)CO. The van der Waals surface area contributed by atoms with Gasteiger partial charge in [-0.1, -0.05) is 63.1 Å². The first-order valence-corrected chi connectivity index (χ1v) is 17.9. The number of carboxylic acid groups (broad SMARTS) is 1. The number of aromatic nitrogens is 1. The summed E-state index contributed by atoms with van der Waals surface area (Å²) in [4.78, 5) is 31.0. The van der Waals surface area contributed by atoms with E-state index in [2.05, 4.69) is 41.2 Å². The first-order chi connectivity index (χ1) is 25.0. The molecule has 4 atom stereocenters. The fraction of sp³-hybridized carbons (Fsp3) is 0.475. The van der Waals surface area contributed by atoms with Crippen LogP contribution < -0.4 is 10.2 Å². The van der Waals surface area contributed by atoms with E-state index in [9.17, 15) is 24.9 Å². The number of unbranched alkanes of at least 4 members (excludes halogenated alkanes) is 1. The first kappa shape index (κ1) is 42.1. The van der Waals surface area contributed by atoms with Crippen molar-refractivity contribution in [3.05, 3.63) is 88.7 Å². The fourth-order valence-electron chi connectivity index (χ4n) is 5.89. The van der Waals surface area contributed by atoms with Gasteiger partial charge in [-0.3, -0.25) is 4.79 Å². The van der Waals surface area contributed by atoms with Crippen molar-refractivity contribution in [3.8, 4) is 17.6 Å². The van der Waals surface area contributed by atoms with Crippen LogP contribution in [0.25, 0.3) is 0 Å². The number of carbonyl (C=O) groups excluding carboxylic acids is 1. The van der Waals surface area contributed by atoms with E-state index in [4.69, 9.17) is 20.4 Å². The number of carboxylic acids is 1. The second-order valence-corrected chi connectivity index (χ2v) is 13.1. The molecule has 8 N–H and O–H groups in total. The predicted octanol–water partition coefficient (Wildman–Crippen LogP) is 3.37. The van der Waals surface area contributed by atoms with Gasteiger partial charge in [0.25, 0.3) is 0 Å². The number of aliphatic hydroxyl groups excluding tert-OH is 5. The van der Waals surface area contributed by atoms with Crippen molar-refractivity contribution in [2.45, 2.75) is 95.7 Å². The van der Waals surface area contributed by atoms with Gasteiger partial charge in [0.05, 0.1) is 19.3 Å². The lowest BCUT2D eigenvalue weighted by molar-refractivity contribution is -0.119. The Morgan fingerprint density at radius 2 is 1.62 bits per heavy atom. The van der Waals surface area contributed by atoms with Gasteiger partial charge in [0.15, 0.2) is 0 Å². The highest BCUT2D eigenvalue weighted by Gasteiger charge is 2.29. The largest absolute Gasteiger partial charge is 0.507 e. The molecule has 0 spiro atoms. The number of aliphatic hydroxyl groups is 5. The zero-order valence-electron chi connectivity index (χ0n) is 30.0. The molecule has 0 aliphatic heterocycles. The number of nitrogens with zero attached hydrogens (tertiary/aromatic N) is 2. The molecule has 12 nitrogen and oxygen atoms in total. The van der Waals surface area contributed by atoms with E-state index in [-0.39, 0.29) is 30.3 Å². The molecule has 3 aromatic rings. The van der Waals surface area contributed by atoms with E-state index in [1.54, 1.807) is 24.2 Å². The monoisotopic (exact) mass is 719 g/mol.